The summed E-state index contributed by atoms with van der Waals surface area (Å²) in [5.74, 6) is -4.08. The molecular formula is C32H48N14O7. The van der Waals surface area contributed by atoms with Gasteiger partial charge in [0, 0.05) is 77.5 Å². The minimum Gasteiger partial charge on any atom is -0.481 e. The maximum atomic E-state index is 12.0. The van der Waals surface area contributed by atoms with Crippen LogP contribution < -0.4 is 33.2 Å². The molecule has 10 N–H and O–H groups in total. The molecule has 0 aliphatic heterocycles. The highest BCUT2D eigenvalue weighted by molar-refractivity contribution is 5.94. The molecule has 2 rings (SSSR count). The minimum atomic E-state index is -0.891. The van der Waals surface area contributed by atoms with Crippen LogP contribution in [0.3, 0.4) is 0 Å². The zero-order chi connectivity index (χ0) is 40.3. The lowest BCUT2D eigenvalue weighted by atomic mass is 9.96. The first kappa shape index (κ1) is 46.7. The molecule has 0 fully saturated rings. The van der Waals surface area contributed by atoms with E-state index in [2.05, 4.69) is 46.0 Å². The highest BCUT2D eigenvalue weighted by Crippen LogP contribution is 2.12. The molecule has 4 unspecified atom stereocenters. The number of hydrogen-bond donors (Lipinski definition) is 7. The topological polar surface area (TPSA) is 360 Å². The number of azide groups is 2. The Balaban J connectivity index is 0.000000849. The fraction of sp³-hybridized carbons (Fsp3) is 0.500. The summed E-state index contributed by atoms with van der Waals surface area (Å²) in [6.45, 7) is 8.23. The van der Waals surface area contributed by atoms with Crippen LogP contribution in [0.4, 0.5) is 0 Å². The Hall–Kier alpha value is -6.30. The summed E-state index contributed by atoms with van der Waals surface area (Å²) in [5, 5.41) is 23.2. The van der Waals surface area contributed by atoms with Crippen molar-refractivity contribution in [2.45, 2.75) is 53.6 Å². The van der Waals surface area contributed by atoms with Crippen molar-refractivity contribution in [3.63, 3.8) is 0 Å². The first-order valence-electron chi connectivity index (χ1n) is 16.3. The van der Waals surface area contributed by atoms with Gasteiger partial charge in [0.05, 0.1) is 30.1 Å². The van der Waals surface area contributed by atoms with Crippen molar-refractivity contribution < 1.29 is 33.9 Å². The predicted molar refractivity (Wildman–Crippen MR) is 193 cm³/mol. The van der Waals surface area contributed by atoms with E-state index >= 15 is 0 Å². The molecule has 53 heavy (non-hydrogen) atoms. The number of carboxylic acid groups (broad SMARTS) is 1. The summed E-state index contributed by atoms with van der Waals surface area (Å²) in [6.07, 6.45) is 3.52. The number of aromatic nitrogens is 2. The molecule has 2 aromatic rings. The maximum Gasteiger partial charge on any atom is 0.306 e. The van der Waals surface area contributed by atoms with Crippen LogP contribution in [-0.4, -0.2) is 76.8 Å². The van der Waals surface area contributed by atoms with E-state index in [-0.39, 0.29) is 61.7 Å². The first-order chi connectivity index (χ1) is 25.1. The van der Waals surface area contributed by atoms with Crippen molar-refractivity contribution in [1.82, 2.24) is 25.9 Å². The van der Waals surface area contributed by atoms with Gasteiger partial charge in [-0.1, -0.05) is 37.9 Å². The molecule has 288 valence electrons. The molecule has 0 saturated heterocycles. The number of carbonyl (C=O) groups is 6. The molecule has 2 heterocycles. The van der Waals surface area contributed by atoms with E-state index in [0.717, 1.165) is 0 Å². The smallest absolute Gasteiger partial charge is 0.306 e. The Kier molecular flexibility index (Phi) is 23.4. The monoisotopic (exact) mass is 740 g/mol. The van der Waals surface area contributed by atoms with Crippen LogP contribution in [0.2, 0.25) is 0 Å². The van der Waals surface area contributed by atoms with Gasteiger partial charge in [0.15, 0.2) is 0 Å². The van der Waals surface area contributed by atoms with Crippen molar-refractivity contribution in [1.29, 1.82) is 0 Å². The summed E-state index contributed by atoms with van der Waals surface area (Å²) in [6, 6.07) is 6.45. The average Bonchev–Trinajstić information content (AvgIpc) is 3.14. The summed E-state index contributed by atoms with van der Waals surface area (Å²) >= 11 is 0. The van der Waals surface area contributed by atoms with Crippen LogP contribution in [0.1, 0.15) is 72.6 Å². The average molecular weight is 741 g/mol. The van der Waals surface area contributed by atoms with Crippen LogP contribution in [0.25, 0.3) is 20.9 Å². The number of aliphatic carboxylic acids is 1. The third kappa shape index (κ3) is 20.8. The van der Waals surface area contributed by atoms with E-state index in [4.69, 9.17) is 33.4 Å². The SMILES string of the molecule is CC(CC(C)C(=O)NCCNC(=O)c1ccc(CN=[N+]=[N-])nc1)C(N)=O.CC(CC(C)C(=O)O)C(N)=O.[N-]=[N+]=NCc1ccc(C(=O)NCCN)cn1. The fourth-order valence-electron chi connectivity index (χ4n) is 3.94. The molecule has 21 nitrogen and oxygen atoms in total. The van der Waals surface area contributed by atoms with E-state index in [1.807, 2.05) is 0 Å². The predicted octanol–water partition coefficient (Wildman–Crippen LogP) is 1.68. The van der Waals surface area contributed by atoms with Gasteiger partial charge in [0.25, 0.3) is 11.8 Å². The quantitative estimate of drug-likeness (QED) is 0.0473. The molecule has 2 aromatic heterocycles. The number of carboxylic acids is 1. The number of primary amides is 2. The number of pyridine rings is 2. The van der Waals surface area contributed by atoms with Gasteiger partial charge >= 0.3 is 5.97 Å². The lowest BCUT2D eigenvalue weighted by molar-refractivity contribution is -0.142. The largest absolute Gasteiger partial charge is 0.481 e. The highest BCUT2D eigenvalue weighted by Gasteiger charge is 2.19. The summed E-state index contributed by atoms with van der Waals surface area (Å²) < 4.78 is 0. The Morgan fingerprint density at radius 2 is 1.11 bits per heavy atom. The molecule has 21 heteroatoms. The number of nitrogens with two attached hydrogens (primary N) is 3. The van der Waals surface area contributed by atoms with Crippen molar-refractivity contribution in [2.24, 2.45) is 51.1 Å². The second kappa shape index (κ2) is 26.5. The highest BCUT2D eigenvalue weighted by atomic mass is 16.4. The van der Waals surface area contributed by atoms with Gasteiger partial charge in [-0.3, -0.25) is 38.7 Å². The standard InChI is InChI=1S/C16H23N7O3.C9H12N6O.C7H13NO3/c1-10(14(17)24)7-11(2)15(25)19-5-6-20-16(26)12-3-4-13(21-8-12)9-22-23-18;10-3-4-12-9(16)7-1-2-8(13-5-7)6-14-15-11;1-4(6(8)9)3-5(2)7(10)11/h3-4,8,10-11H,5-7,9H2,1-2H3,(H2,17,24)(H,19,25)(H,20,26);1-2,5H,3-4,6,10H2,(H,12,16);4-5H,3H2,1-2H3,(H2,8,9)(H,10,11). The van der Waals surface area contributed by atoms with Gasteiger partial charge in [-0.05, 0) is 48.2 Å². The number of hydrogen-bond acceptors (Lipinski definition) is 11. The molecule has 0 aliphatic carbocycles. The fourth-order valence-corrected chi connectivity index (χ4v) is 3.94. The van der Waals surface area contributed by atoms with Gasteiger partial charge < -0.3 is 38.3 Å². The normalized spacial score (nSPS) is 12.1. The molecule has 4 atom stereocenters. The Labute approximate surface area is 306 Å². The molecule has 0 radical (unpaired) electrons. The maximum absolute atomic E-state index is 12.0. The van der Waals surface area contributed by atoms with Crippen molar-refractivity contribution in [3.05, 3.63) is 80.1 Å². The number of carbonyl (C=O) groups excluding carboxylic acids is 5. The van der Waals surface area contributed by atoms with Crippen molar-refractivity contribution >= 4 is 35.5 Å². The molecule has 0 aromatic carbocycles. The summed E-state index contributed by atoms with van der Waals surface area (Å²) in [7, 11) is 0. The molecule has 0 aliphatic rings. The van der Waals surface area contributed by atoms with Crippen molar-refractivity contribution in [2.75, 3.05) is 26.2 Å². The van der Waals surface area contributed by atoms with E-state index in [9.17, 15) is 28.8 Å². The third-order valence-corrected chi connectivity index (χ3v) is 7.16. The molecular weight excluding hydrogens is 692 g/mol. The Morgan fingerprint density at radius 1 is 0.698 bits per heavy atom. The number of rotatable bonds is 19. The zero-order valence-corrected chi connectivity index (χ0v) is 30.1. The van der Waals surface area contributed by atoms with E-state index in [1.54, 1.807) is 52.0 Å². The van der Waals surface area contributed by atoms with Crippen LogP contribution >= 0.6 is 0 Å². The number of nitrogens with one attached hydrogen (secondary N) is 3. The van der Waals surface area contributed by atoms with Crippen LogP contribution in [-0.2, 0) is 32.3 Å². The van der Waals surface area contributed by atoms with Crippen LogP contribution in [0.5, 0.6) is 0 Å². The molecule has 5 amide bonds. The second-order valence-corrected chi connectivity index (χ2v) is 11.7. The number of nitrogens with zero attached hydrogens (tertiary/aromatic N) is 8. The number of amides is 5. The zero-order valence-electron chi connectivity index (χ0n) is 30.1. The molecule has 0 saturated carbocycles. The molecule has 0 bridgehead atoms. The van der Waals surface area contributed by atoms with Crippen molar-refractivity contribution in [3.8, 4) is 0 Å². The van der Waals surface area contributed by atoms with Gasteiger partial charge in [0.2, 0.25) is 17.7 Å². The van der Waals surface area contributed by atoms with Crippen LogP contribution in [0, 0.1) is 23.7 Å². The van der Waals surface area contributed by atoms with E-state index < -0.39 is 23.7 Å². The van der Waals surface area contributed by atoms with Gasteiger partial charge in [0.1, 0.15) is 0 Å². The second-order valence-electron chi connectivity index (χ2n) is 11.7. The summed E-state index contributed by atoms with van der Waals surface area (Å²) in [5.41, 5.74) is 33.8. The lowest BCUT2D eigenvalue weighted by Crippen LogP contribution is -2.38. The minimum absolute atomic E-state index is 0.122. The third-order valence-electron chi connectivity index (χ3n) is 7.16. The summed E-state index contributed by atoms with van der Waals surface area (Å²) in [4.78, 5) is 80.4. The van der Waals surface area contributed by atoms with Gasteiger partial charge in [-0.25, -0.2) is 0 Å². The van der Waals surface area contributed by atoms with Crippen LogP contribution in [0.15, 0.2) is 46.9 Å². The van der Waals surface area contributed by atoms with Gasteiger partial charge in [-0.2, -0.15) is 0 Å². The Morgan fingerprint density at radius 3 is 1.47 bits per heavy atom. The Bertz CT molecular complexity index is 1570. The van der Waals surface area contributed by atoms with E-state index in [0.29, 0.717) is 48.4 Å². The lowest BCUT2D eigenvalue weighted by Gasteiger charge is -2.15. The molecule has 0 spiro atoms. The first-order valence-corrected chi connectivity index (χ1v) is 16.3. The van der Waals surface area contributed by atoms with E-state index in [1.165, 1.54) is 12.4 Å². The van der Waals surface area contributed by atoms with Gasteiger partial charge in [-0.15, -0.1) is 0 Å².